The molecule has 5 nitrogen and oxygen atoms in total. The van der Waals surface area contributed by atoms with Crippen molar-refractivity contribution in [3.05, 3.63) is 35.9 Å². The van der Waals surface area contributed by atoms with Gasteiger partial charge in [-0.15, -0.1) is 0 Å². The van der Waals surface area contributed by atoms with E-state index in [0.717, 1.165) is 38.0 Å². The molecule has 1 heterocycles. The lowest BCUT2D eigenvalue weighted by Gasteiger charge is -2.28. The van der Waals surface area contributed by atoms with Crippen LogP contribution in [0, 0.1) is 5.41 Å². The first kappa shape index (κ1) is 20.0. The van der Waals surface area contributed by atoms with Gasteiger partial charge in [0.2, 0.25) is 11.8 Å². The van der Waals surface area contributed by atoms with Crippen LogP contribution in [0.3, 0.4) is 0 Å². The predicted octanol–water partition coefficient (Wildman–Crippen LogP) is 4.40. The fraction of sp³-hybridized carbons (Fsp3) is 0.583. The summed E-state index contributed by atoms with van der Waals surface area (Å²) in [4.78, 5) is 27.9. The van der Waals surface area contributed by atoms with Gasteiger partial charge >= 0.3 is 0 Å². The Morgan fingerprint density at radius 2 is 1.69 bits per heavy atom. The van der Waals surface area contributed by atoms with Crippen molar-refractivity contribution >= 4 is 23.2 Å². The SMILES string of the molecule is O=C(NCCC1=CCCCC1)C1(C(=O)Nc2ccc(N3CCCCC3)cc2)CC1. The van der Waals surface area contributed by atoms with Crippen molar-refractivity contribution in [1.82, 2.24) is 5.32 Å². The van der Waals surface area contributed by atoms with Crippen LogP contribution in [-0.2, 0) is 9.59 Å². The lowest BCUT2D eigenvalue weighted by atomic mass is 9.97. The Hall–Kier alpha value is -2.30. The van der Waals surface area contributed by atoms with E-state index in [1.54, 1.807) is 0 Å². The molecule has 0 spiro atoms. The van der Waals surface area contributed by atoms with Crippen molar-refractivity contribution in [1.29, 1.82) is 0 Å². The number of nitrogens with zero attached hydrogens (tertiary/aromatic N) is 1. The van der Waals surface area contributed by atoms with Crippen molar-refractivity contribution in [2.75, 3.05) is 29.9 Å². The number of nitrogens with one attached hydrogen (secondary N) is 2. The highest BCUT2D eigenvalue weighted by Gasteiger charge is 2.56. The third-order valence-corrected chi connectivity index (χ3v) is 6.58. The normalized spacial score (nSPS) is 20.6. The summed E-state index contributed by atoms with van der Waals surface area (Å²) in [6, 6.07) is 8.04. The fourth-order valence-corrected chi connectivity index (χ4v) is 4.48. The van der Waals surface area contributed by atoms with Gasteiger partial charge in [-0.1, -0.05) is 11.6 Å². The molecular weight excluding hydrogens is 362 g/mol. The van der Waals surface area contributed by atoms with Gasteiger partial charge in [0.25, 0.3) is 0 Å². The summed E-state index contributed by atoms with van der Waals surface area (Å²) in [5.41, 5.74) is 2.55. The van der Waals surface area contributed by atoms with E-state index in [-0.39, 0.29) is 11.8 Å². The van der Waals surface area contributed by atoms with Crippen molar-refractivity contribution < 1.29 is 9.59 Å². The summed E-state index contributed by atoms with van der Waals surface area (Å²) in [6.45, 7) is 2.84. The van der Waals surface area contributed by atoms with Crippen LogP contribution in [0.1, 0.15) is 64.2 Å². The molecule has 3 aliphatic rings. The molecule has 1 aliphatic heterocycles. The maximum absolute atomic E-state index is 12.8. The smallest absolute Gasteiger partial charge is 0.240 e. The minimum atomic E-state index is -0.869. The molecule has 2 fully saturated rings. The number of hydrogen-bond acceptors (Lipinski definition) is 3. The second-order valence-electron chi connectivity index (χ2n) is 8.74. The van der Waals surface area contributed by atoms with E-state index in [9.17, 15) is 9.59 Å². The third-order valence-electron chi connectivity index (χ3n) is 6.58. The highest BCUT2D eigenvalue weighted by atomic mass is 16.2. The van der Waals surface area contributed by atoms with Crippen LogP contribution in [0.4, 0.5) is 11.4 Å². The summed E-state index contributed by atoms with van der Waals surface area (Å²) in [7, 11) is 0. The third kappa shape index (κ3) is 4.82. The van der Waals surface area contributed by atoms with Gasteiger partial charge in [-0.2, -0.15) is 0 Å². The predicted molar refractivity (Wildman–Crippen MR) is 117 cm³/mol. The monoisotopic (exact) mass is 395 g/mol. The summed E-state index contributed by atoms with van der Waals surface area (Å²) < 4.78 is 0. The molecule has 2 amide bonds. The molecule has 2 aliphatic carbocycles. The van der Waals surface area contributed by atoms with E-state index in [1.165, 1.54) is 43.4 Å². The minimum absolute atomic E-state index is 0.114. The highest BCUT2D eigenvalue weighted by molar-refractivity contribution is 6.13. The molecule has 0 atom stereocenters. The first-order valence-electron chi connectivity index (χ1n) is 11.3. The molecule has 0 bridgehead atoms. The van der Waals surface area contributed by atoms with Crippen molar-refractivity contribution in [2.45, 2.75) is 64.2 Å². The Morgan fingerprint density at radius 1 is 0.931 bits per heavy atom. The lowest BCUT2D eigenvalue weighted by molar-refractivity contribution is -0.134. The van der Waals surface area contributed by atoms with E-state index in [4.69, 9.17) is 0 Å². The quantitative estimate of drug-likeness (QED) is 0.531. The Morgan fingerprint density at radius 3 is 2.34 bits per heavy atom. The summed E-state index contributed by atoms with van der Waals surface area (Å²) in [5.74, 6) is -0.283. The van der Waals surface area contributed by atoms with Gasteiger partial charge in [0, 0.05) is 31.0 Å². The minimum Gasteiger partial charge on any atom is -0.372 e. The van der Waals surface area contributed by atoms with Crippen molar-refractivity contribution in [3.63, 3.8) is 0 Å². The van der Waals surface area contributed by atoms with E-state index < -0.39 is 5.41 Å². The van der Waals surface area contributed by atoms with E-state index in [0.29, 0.717) is 19.4 Å². The summed E-state index contributed by atoms with van der Waals surface area (Å²) >= 11 is 0. The van der Waals surface area contributed by atoms with Crippen LogP contribution >= 0.6 is 0 Å². The standard InChI is InChI=1S/C24H33N3O2/c28-22(25-16-13-19-7-3-1-4-8-19)24(14-15-24)23(29)26-20-9-11-21(12-10-20)27-17-5-2-6-18-27/h7,9-12H,1-6,8,13-18H2,(H,25,28)(H,26,29). The molecule has 29 heavy (non-hydrogen) atoms. The second-order valence-corrected chi connectivity index (χ2v) is 8.74. The Kier molecular flexibility index (Phi) is 6.22. The maximum Gasteiger partial charge on any atom is 0.240 e. The molecule has 1 saturated heterocycles. The lowest BCUT2D eigenvalue weighted by Crippen LogP contribution is -2.40. The second kappa shape index (κ2) is 9.02. The zero-order valence-corrected chi connectivity index (χ0v) is 17.3. The molecule has 1 saturated carbocycles. The summed E-state index contributed by atoms with van der Waals surface area (Å²) in [6.07, 6.45) is 13.1. The number of piperidine rings is 1. The van der Waals surface area contributed by atoms with Crippen LogP contribution < -0.4 is 15.5 Å². The molecule has 0 aromatic heterocycles. The van der Waals surface area contributed by atoms with Gasteiger partial charge in [0.1, 0.15) is 5.41 Å². The first-order valence-corrected chi connectivity index (χ1v) is 11.3. The molecule has 156 valence electrons. The fourth-order valence-electron chi connectivity index (χ4n) is 4.48. The van der Waals surface area contributed by atoms with Crippen LogP contribution in [0.15, 0.2) is 35.9 Å². The van der Waals surface area contributed by atoms with Gasteiger partial charge in [-0.25, -0.2) is 0 Å². The number of carbonyl (C=O) groups is 2. The van der Waals surface area contributed by atoms with E-state index in [2.05, 4.69) is 33.7 Å². The molecule has 2 N–H and O–H groups in total. The van der Waals surface area contributed by atoms with Gasteiger partial charge < -0.3 is 15.5 Å². The number of anilines is 2. The van der Waals surface area contributed by atoms with Crippen molar-refractivity contribution in [2.24, 2.45) is 5.41 Å². The van der Waals surface area contributed by atoms with Crippen LogP contribution in [0.2, 0.25) is 0 Å². The molecule has 1 aromatic carbocycles. The molecular formula is C24H33N3O2. The average Bonchev–Trinajstić information content (AvgIpc) is 3.58. The number of amides is 2. The van der Waals surface area contributed by atoms with Crippen LogP contribution in [0.25, 0.3) is 0 Å². The van der Waals surface area contributed by atoms with Gasteiger partial charge in [0.05, 0.1) is 0 Å². The van der Waals surface area contributed by atoms with Gasteiger partial charge in [-0.3, -0.25) is 9.59 Å². The zero-order chi connectivity index (χ0) is 20.1. The molecule has 1 aromatic rings. The average molecular weight is 396 g/mol. The van der Waals surface area contributed by atoms with E-state index >= 15 is 0 Å². The van der Waals surface area contributed by atoms with Crippen LogP contribution in [0.5, 0.6) is 0 Å². The number of allylic oxidation sites excluding steroid dienone is 1. The first-order chi connectivity index (χ1) is 14.2. The van der Waals surface area contributed by atoms with Gasteiger partial charge in [0.15, 0.2) is 0 Å². The van der Waals surface area contributed by atoms with Crippen LogP contribution in [-0.4, -0.2) is 31.4 Å². The largest absolute Gasteiger partial charge is 0.372 e. The molecule has 0 radical (unpaired) electrons. The van der Waals surface area contributed by atoms with E-state index in [1.807, 2.05) is 12.1 Å². The number of hydrogen-bond donors (Lipinski definition) is 2. The Bertz CT molecular complexity index is 759. The molecule has 4 rings (SSSR count). The maximum atomic E-state index is 12.8. The highest BCUT2D eigenvalue weighted by Crippen LogP contribution is 2.47. The topological polar surface area (TPSA) is 61.4 Å². The Balaban J connectivity index is 1.28. The number of benzene rings is 1. The zero-order valence-electron chi connectivity index (χ0n) is 17.3. The van der Waals surface area contributed by atoms with Gasteiger partial charge in [-0.05, 0) is 88.5 Å². The number of rotatable bonds is 7. The summed E-state index contributed by atoms with van der Waals surface area (Å²) in [5, 5.41) is 5.97. The molecule has 5 heteroatoms. The van der Waals surface area contributed by atoms with Crippen molar-refractivity contribution in [3.8, 4) is 0 Å². The molecule has 0 unspecified atom stereocenters. The number of carbonyl (C=O) groups excluding carboxylic acids is 2. The Labute approximate surface area is 173 Å².